The first kappa shape index (κ1) is 29.8. The van der Waals surface area contributed by atoms with Gasteiger partial charge in [0.05, 0.1) is 6.61 Å². The number of amides is 1. The Morgan fingerprint density at radius 3 is 1.47 bits per heavy atom. The molecular weight excluding hydrogens is 457 g/mol. The largest absolute Gasteiger partial charge is 0.464 e. The molecule has 0 saturated heterocycles. The molecule has 1 aromatic rings. The highest BCUT2D eigenvalue weighted by atomic mass is 19.2. The van der Waals surface area contributed by atoms with Gasteiger partial charge in [-0.2, -0.15) is 0 Å². The molecule has 0 atom stereocenters. The van der Waals surface area contributed by atoms with E-state index in [4.69, 9.17) is 4.74 Å². The molecule has 0 N–H and O–H groups in total. The minimum Gasteiger partial charge on any atom is -0.464 e. The van der Waals surface area contributed by atoms with E-state index in [0.29, 0.717) is 11.3 Å². The van der Waals surface area contributed by atoms with Crippen LogP contribution in [0.5, 0.6) is 0 Å². The zero-order valence-electron chi connectivity index (χ0n) is 20.2. The lowest BCUT2D eigenvalue weighted by atomic mass is 10.0. The van der Waals surface area contributed by atoms with Gasteiger partial charge in [0.2, 0.25) is 5.82 Å². The maximum Gasteiger partial charge on any atom is 0.325 e. The van der Waals surface area contributed by atoms with Gasteiger partial charge in [-0.3, -0.25) is 9.59 Å². The smallest absolute Gasteiger partial charge is 0.325 e. The van der Waals surface area contributed by atoms with Crippen LogP contribution in [0.25, 0.3) is 0 Å². The highest BCUT2D eigenvalue weighted by molar-refractivity contribution is 5.96. The van der Waals surface area contributed by atoms with Crippen molar-refractivity contribution >= 4 is 11.9 Å². The maximum atomic E-state index is 13.8. The van der Waals surface area contributed by atoms with Crippen LogP contribution >= 0.6 is 0 Å². The number of hydrogen-bond donors (Lipinski definition) is 0. The van der Waals surface area contributed by atoms with Crippen molar-refractivity contribution in [2.45, 2.75) is 90.4 Å². The van der Waals surface area contributed by atoms with Crippen LogP contribution in [0.4, 0.5) is 22.0 Å². The molecule has 0 spiro atoms. The summed E-state index contributed by atoms with van der Waals surface area (Å²) >= 11 is 0. The second-order valence-electron chi connectivity index (χ2n) is 8.57. The topological polar surface area (TPSA) is 46.6 Å². The second kappa shape index (κ2) is 16.4. The first-order chi connectivity index (χ1) is 16.2. The van der Waals surface area contributed by atoms with Gasteiger partial charge >= 0.3 is 5.97 Å². The molecule has 0 heterocycles. The van der Waals surface area contributed by atoms with Gasteiger partial charge in [0.15, 0.2) is 23.3 Å². The van der Waals surface area contributed by atoms with E-state index in [0.717, 1.165) is 26.3 Å². The van der Waals surface area contributed by atoms with Gasteiger partial charge in [0.25, 0.3) is 5.91 Å². The lowest BCUT2D eigenvalue weighted by Gasteiger charge is -2.17. The number of halogens is 5. The molecule has 0 unspecified atom stereocenters. The molecule has 9 heteroatoms. The molecule has 0 aromatic heterocycles. The van der Waals surface area contributed by atoms with E-state index in [1.165, 1.54) is 57.8 Å². The molecule has 0 saturated carbocycles. The Kier molecular flexibility index (Phi) is 14.4. The number of unbranched alkanes of at least 4 members (excludes halogenated alkanes) is 12. The summed E-state index contributed by atoms with van der Waals surface area (Å²) in [6.45, 7) is 1.65. The number of hydrogen-bond acceptors (Lipinski definition) is 3. The fourth-order valence-electron chi connectivity index (χ4n) is 3.60. The average molecular weight is 494 g/mol. The van der Waals surface area contributed by atoms with E-state index in [1.54, 1.807) is 0 Å². The van der Waals surface area contributed by atoms with Crippen molar-refractivity contribution in [1.29, 1.82) is 0 Å². The van der Waals surface area contributed by atoms with Crippen LogP contribution < -0.4 is 0 Å². The number of esters is 1. The summed E-state index contributed by atoms with van der Waals surface area (Å²) in [4.78, 5) is 24.5. The fourth-order valence-corrected chi connectivity index (χ4v) is 3.60. The second-order valence-corrected chi connectivity index (χ2v) is 8.57. The van der Waals surface area contributed by atoms with E-state index in [1.807, 2.05) is 0 Å². The van der Waals surface area contributed by atoms with Gasteiger partial charge in [-0.15, -0.1) is 0 Å². The van der Waals surface area contributed by atoms with E-state index >= 15 is 0 Å². The van der Waals surface area contributed by atoms with Crippen molar-refractivity contribution < 1.29 is 36.3 Å². The van der Waals surface area contributed by atoms with Gasteiger partial charge in [-0.1, -0.05) is 84.0 Å². The fraction of sp³-hybridized carbons (Fsp3) is 0.680. The van der Waals surface area contributed by atoms with Gasteiger partial charge in [-0.25, -0.2) is 22.0 Å². The highest BCUT2D eigenvalue weighted by Crippen LogP contribution is 2.24. The summed E-state index contributed by atoms with van der Waals surface area (Å²) in [6.07, 6.45) is 15.2. The Morgan fingerprint density at radius 1 is 0.647 bits per heavy atom. The number of carbonyl (C=O) groups excluding carboxylic acids is 2. The summed E-state index contributed by atoms with van der Waals surface area (Å²) in [5.41, 5.74) is -1.61. The Hall–Kier alpha value is -2.19. The molecule has 4 nitrogen and oxygen atoms in total. The lowest BCUT2D eigenvalue weighted by Crippen LogP contribution is -2.34. The number of rotatable bonds is 17. The quantitative estimate of drug-likeness (QED) is 0.0765. The average Bonchev–Trinajstić information content (AvgIpc) is 2.81. The molecule has 0 fully saturated rings. The standard InChI is InChI=1S/C25H36F5NO3/c1-3-4-5-6-7-8-9-10-11-12-13-14-15-16-34-18(32)17-31(2)25(33)19-20(26)22(28)24(30)23(29)21(19)27/h3-17H2,1-2H3. The molecule has 0 aliphatic heterocycles. The van der Waals surface area contributed by atoms with Gasteiger partial charge < -0.3 is 9.64 Å². The van der Waals surface area contributed by atoms with Gasteiger partial charge in [-0.05, 0) is 6.42 Å². The van der Waals surface area contributed by atoms with Crippen molar-refractivity contribution in [2.75, 3.05) is 20.2 Å². The molecular formula is C25H36F5NO3. The number of carbonyl (C=O) groups is 2. The Labute approximate surface area is 198 Å². The first-order valence-corrected chi connectivity index (χ1v) is 12.1. The van der Waals surface area contributed by atoms with Crippen LogP contribution in [0.15, 0.2) is 0 Å². The number of nitrogens with zero attached hydrogens (tertiary/aromatic N) is 1. The highest BCUT2D eigenvalue weighted by Gasteiger charge is 2.31. The molecule has 0 aliphatic carbocycles. The summed E-state index contributed by atoms with van der Waals surface area (Å²) < 4.78 is 72.2. The molecule has 0 aliphatic rings. The molecule has 1 rings (SSSR count). The zero-order valence-corrected chi connectivity index (χ0v) is 20.2. The van der Waals surface area contributed by atoms with E-state index in [-0.39, 0.29) is 6.61 Å². The third-order valence-corrected chi connectivity index (χ3v) is 5.65. The van der Waals surface area contributed by atoms with Crippen LogP contribution in [-0.2, 0) is 9.53 Å². The van der Waals surface area contributed by atoms with Crippen molar-refractivity contribution in [3.8, 4) is 0 Å². The number of ether oxygens (including phenoxy) is 1. The molecule has 1 aromatic carbocycles. The van der Waals surface area contributed by atoms with Crippen molar-refractivity contribution in [2.24, 2.45) is 0 Å². The molecule has 34 heavy (non-hydrogen) atoms. The Bertz CT molecular complexity index is 759. The van der Waals surface area contributed by atoms with Crippen molar-refractivity contribution in [1.82, 2.24) is 4.90 Å². The van der Waals surface area contributed by atoms with Crippen molar-refractivity contribution in [3.05, 3.63) is 34.6 Å². The molecule has 0 radical (unpaired) electrons. The Balaban J connectivity index is 2.20. The van der Waals surface area contributed by atoms with Gasteiger partial charge in [0.1, 0.15) is 12.1 Å². The van der Waals surface area contributed by atoms with E-state index in [9.17, 15) is 31.5 Å². The SMILES string of the molecule is CCCCCCCCCCCCCCCOC(=O)CN(C)C(=O)c1c(F)c(F)c(F)c(F)c1F. The summed E-state index contributed by atoms with van der Waals surface area (Å²) in [7, 11) is 1.01. The van der Waals surface area contributed by atoms with E-state index in [2.05, 4.69) is 6.92 Å². The normalized spacial score (nSPS) is 11.0. The van der Waals surface area contributed by atoms with Crippen LogP contribution in [0.2, 0.25) is 0 Å². The van der Waals surface area contributed by atoms with Crippen LogP contribution in [0.3, 0.4) is 0 Å². The van der Waals surface area contributed by atoms with Gasteiger partial charge in [0, 0.05) is 7.05 Å². The maximum absolute atomic E-state index is 13.8. The first-order valence-electron chi connectivity index (χ1n) is 12.1. The third kappa shape index (κ3) is 9.97. The molecule has 1 amide bonds. The van der Waals surface area contributed by atoms with Crippen LogP contribution in [0.1, 0.15) is 101 Å². The third-order valence-electron chi connectivity index (χ3n) is 5.65. The van der Waals surface area contributed by atoms with E-state index < -0.39 is 53.1 Å². The Morgan fingerprint density at radius 2 is 1.03 bits per heavy atom. The predicted molar refractivity (Wildman–Crippen MR) is 120 cm³/mol. The summed E-state index contributed by atoms with van der Waals surface area (Å²) in [5, 5.41) is 0. The predicted octanol–water partition coefficient (Wildman–Crippen LogP) is 7.09. The van der Waals surface area contributed by atoms with Crippen molar-refractivity contribution in [3.63, 3.8) is 0 Å². The molecule has 0 bridgehead atoms. The lowest BCUT2D eigenvalue weighted by molar-refractivity contribution is -0.144. The minimum absolute atomic E-state index is 0.126. The monoisotopic (exact) mass is 493 g/mol. The zero-order chi connectivity index (χ0) is 25.5. The number of likely N-dealkylation sites (N-methyl/N-ethyl adjacent to an activating group) is 1. The summed E-state index contributed by atoms with van der Waals surface area (Å²) in [5.74, 6) is -13.6. The minimum atomic E-state index is -2.36. The summed E-state index contributed by atoms with van der Waals surface area (Å²) in [6, 6.07) is 0. The van der Waals surface area contributed by atoms with Crippen LogP contribution in [0, 0.1) is 29.1 Å². The van der Waals surface area contributed by atoms with Crippen LogP contribution in [-0.4, -0.2) is 37.0 Å². The molecule has 194 valence electrons. The number of benzene rings is 1.